The maximum absolute atomic E-state index is 4.35. The van der Waals surface area contributed by atoms with E-state index in [1.54, 1.807) is 0 Å². The van der Waals surface area contributed by atoms with Gasteiger partial charge in [0, 0.05) is 19.6 Å². The van der Waals surface area contributed by atoms with Gasteiger partial charge in [-0.25, -0.2) is 0 Å². The third kappa shape index (κ3) is 9.87. The molecule has 0 radical (unpaired) electrons. The lowest BCUT2D eigenvalue weighted by Gasteiger charge is -2.29. The molecule has 1 aliphatic heterocycles. The quantitative estimate of drug-likeness (QED) is 0.374. The van der Waals surface area contributed by atoms with Gasteiger partial charge in [-0.05, 0) is 58.2 Å². The SMILES string of the molecule is CN=C(NCC1CCN(C)CC1)NC(C)CCCC(C)C.I. The van der Waals surface area contributed by atoms with Crippen molar-refractivity contribution in [2.45, 2.75) is 58.9 Å². The molecule has 132 valence electrons. The average molecular weight is 424 g/mol. The van der Waals surface area contributed by atoms with Crippen LogP contribution in [0.25, 0.3) is 0 Å². The van der Waals surface area contributed by atoms with Gasteiger partial charge < -0.3 is 15.5 Å². The van der Waals surface area contributed by atoms with Crippen molar-refractivity contribution in [2.75, 3.05) is 33.7 Å². The van der Waals surface area contributed by atoms with Crippen molar-refractivity contribution >= 4 is 29.9 Å². The average Bonchev–Trinajstić information content (AvgIpc) is 2.44. The first kappa shape index (κ1) is 22.0. The van der Waals surface area contributed by atoms with Crippen molar-refractivity contribution in [1.82, 2.24) is 15.5 Å². The molecule has 1 aliphatic rings. The largest absolute Gasteiger partial charge is 0.356 e. The molecule has 22 heavy (non-hydrogen) atoms. The molecule has 0 aliphatic carbocycles. The molecule has 1 fully saturated rings. The van der Waals surface area contributed by atoms with Gasteiger partial charge in [-0.3, -0.25) is 4.99 Å². The topological polar surface area (TPSA) is 39.7 Å². The molecule has 0 aromatic heterocycles. The fraction of sp³-hybridized carbons (Fsp3) is 0.941. The van der Waals surface area contributed by atoms with Gasteiger partial charge >= 0.3 is 0 Å². The van der Waals surface area contributed by atoms with Gasteiger partial charge in [0.25, 0.3) is 0 Å². The molecule has 0 spiro atoms. The van der Waals surface area contributed by atoms with Crippen molar-refractivity contribution in [3.05, 3.63) is 0 Å². The van der Waals surface area contributed by atoms with Crippen LogP contribution in [-0.2, 0) is 0 Å². The molecule has 0 aromatic carbocycles. The molecule has 1 atom stereocenters. The summed E-state index contributed by atoms with van der Waals surface area (Å²) in [6.45, 7) is 10.3. The van der Waals surface area contributed by atoms with Crippen LogP contribution >= 0.6 is 24.0 Å². The Bertz CT molecular complexity index is 299. The van der Waals surface area contributed by atoms with Crippen LogP contribution in [0.5, 0.6) is 0 Å². The lowest BCUT2D eigenvalue weighted by atomic mass is 9.97. The summed E-state index contributed by atoms with van der Waals surface area (Å²) in [5, 5.41) is 7.02. The maximum atomic E-state index is 4.35. The van der Waals surface area contributed by atoms with Gasteiger partial charge in [-0.2, -0.15) is 0 Å². The molecule has 1 unspecified atom stereocenters. The second kappa shape index (κ2) is 12.4. The minimum atomic E-state index is 0. The highest BCUT2D eigenvalue weighted by molar-refractivity contribution is 14.0. The highest BCUT2D eigenvalue weighted by Gasteiger charge is 2.17. The molecule has 2 N–H and O–H groups in total. The number of aliphatic imine (C=N–C) groups is 1. The highest BCUT2D eigenvalue weighted by atomic mass is 127. The Labute approximate surface area is 154 Å². The number of rotatable bonds is 7. The summed E-state index contributed by atoms with van der Waals surface area (Å²) in [5.74, 6) is 2.56. The van der Waals surface area contributed by atoms with E-state index in [4.69, 9.17) is 0 Å². The molecule has 0 saturated carbocycles. The van der Waals surface area contributed by atoms with E-state index >= 15 is 0 Å². The van der Waals surface area contributed by atoms with Gasteiger partial charge in [0.2, 0.25) is 0 Å². The first-order chi connectivity index (χ1) is 10.0. The number of likely N-dealkylation sites (tertiary alicyclic amines) is 1. The zero-order chi connectivity index (χ0) is 15.7. The van der Waals surface area contributed by atoms with E-state index in [1.807, 2.05) is 7.05 Å². The number of hydrogen-bond donors (Lipinski definition) is 2. The number of nitrogens with one attached hydrogen (secondary N) is 2. The number of hydrogen-bond acceptors (Lipinski definition) is 2. The van der Waals surface area contributed by atoms with Gasteiger partial charge in [0.05, 0.1) is 0 Å². The Morgan fingerprint density at radius 2 is 1.82 bits per heavy atom. The van der Waals surface area contributed by atoms with Crippen LogP contribution in [0.4, 0.5) is 0 Å². The summed E-state index contributed by atoms with van der Waals surface area (Å²) in [5.41, 5.74) is 0. The van der Waals surface area contributed by atoms with Crippen molar-refractivity contribution in [3.63, 3.8) is 0 Å². The predicted molar refractivity (Wildman–Crippen MR) is 108 cm³/mol. The van der Waals surface area contributed by atoms with Crippen molar-refractivity contribution < 1.29 is 0 Å². The number of nitrogens with zero attached hydrogens (tertiary/aromatic N) is 2. The van der Waals surface area contributed by atoms with Crippen LogP contribution in [0.2, 0.25) is 0 Å². The van der Waals surface area contributed by atoms with E-state index in [9.17, 15) is 0 Å². The Morgan fingerprint density at radius 1 is 1.18 bits per heavy atom. The predicted octanol–water partition coefficient (Wildman–Crippen LogP) is 3.33. The molecule has 5 heteroatoms. The molecular weight excluding hydrogens is 387 g/mol. The molecule has 0 amide bonds. The van der Waals surface area contributed by atoms with E-state index in [0.29, 0.717) is 6.04 Å². The molecule has 1 rings (SSSR count). The monoisotopic (exact) mass is 424 g/mol. The standard InChI is InChI=1S/C17H36N4.HI/c1-14(2)7-6-8-15(3)20-17(18-4)19-13-16-9-11-21(5)12-10-16;/h14-16H,6-13H2,1-5H3,(H2,18,19,20);1H. The zero-order valence-electron chi connectivity index (χ0n) is 15.2. The van der Waals surface area contributed by atoms with Crippen LogP contribution in [0.15, 0.2) is 4.99 Å². The summed E-state index contributed by atoms with van der Waals surface area (Å²) in [4.78, 5) is 6.77. The van der Waals surface area contributed by atoms with Crippen molar-refractivity contribution in [3.8, 4) is 0 Å². The lowest BCUT2D eigenvalue weighted by Crippen LogP contribution is -2.45. The molecule has 0 bridgehead atoms. The molecule has 4 nitrogen and oxygen atoms in total. The van der Waals surface area contributed by atoms with Gasteiger partial charge in [-0.15, -0.1) is 24.0 Å². The Morgan fingerprint density at radius 3 is 2.36 bits per heavy atom. The Balaban J connectivity index is 0.00000441. The van der Waals surface area contributed by atoms with Crippen LogP contribution < -0.4 is 10.6 Å². The molecule has 0 aromatic rings. The van der Waals surface area contributed by atoms with Gasteiger partial charge in [-0.1, -0.05) is 26.7 Å². The summed E-state index contributed by atoms with van der Waals surface area (Å²) in [6.07, 6.45) is 6.41. The van der Waals surface area contributed by atoms with Gasteiger partial charge in [0.15, 0.2) is 5.96 Å². The van der Waals surface area contributed by atoms with E-state index < -0.39 is 0 Å². The first-order valence-corrected chi connectivity index (χ1v) is 8.67. The van der Waals surface area contributed by atoms with Crippen LogP contribution in [-0.4, -0.2) is 50.6 Å². The van der Waals surface area contributed by atoms with E-state index in [-0.39, 0.29) is 24.0 Å². The minimum absolute atomic E-state index is 0. The fourth-order valence-electron chi connectivity index (χ4n) is 2.84. The third-order valence-corrected chi connectivity index (χ3v) is 4.42. The summed E-state index contributed by atoms with van der Waals surface area (Å²) in [6, 6.07) is 0.493. The molecule has 1 heterocycles. The zero-order valence-corrected chi connectivity index (χ0v) is 17.5. The van der Waals surface area contributed by atoms with E-state index in [1.165, 1.54) is 45.2 Å². The fourth-order valence-corrected chi connectivity index (χ4v) is 2.84. The summed E-state index contributed by atoms with van der Waals surface area (Å²) in [7, 11) is 4.08. The Kier molecular flexibility index (Phi) is 12.4. The van der Waals surface area contributed by atoms with Crippen LogP contribution in [0, 0.1) is 11.8 Å². The summed E-state index contributed by atoms with van der Waals surface area (Å²) < 4.78 is 0. The van der Waals surface area contributed by atoms with Crippen LogP contribution in [0.3, 0.4) is 0 Å². The van der Waals surface area contributed by atoms with Crippen molar-refractivity contribution in [2.24, 2.45) is 16.8 Å². The van der Waals surface area contributed by atoms with Crippen molar-refractivity contribution in [1.29, 1.82) is 0 Å². The highest BCUT2D eigenvalue weighted by Crippen LogP contribution is 2.14. The second-order valence-electron chi connectivity index (χ2n) is 7.07. The number of guanidine groups is 1. The maximum Gasteiger partial charge on any atom is 0.191 e. The molecule has 1 saturated heterocycles. The number of halogens is 1. The van der Waals surface area contributed by atoms with E-state index in [0.717, 1.165) is 24.3 Å². The number of piperidine rings is 1. The van der Waals surface area contributed by atoms with E-state index in [2.05, 4.69) is 48.3 Å². The minimum Gasteiger partial charge on any atom is -0.356 e. The Hall–Kier alpha value is -0.0400. The molecular formula is C17H37IN4. The normalized spacial score (nSPS) is 18.9. The van der Waals surface area contributed by atoms with Crippen LogP contribution in [0.1, 0.15) is 52.9 Å². The first-order valence-electron chi connectivity index (χ1n) is 8.67. The van der Waals surface area contributed by atoms with Gasteiger partial charge in [0.1, 0.15) is 0 Å². The lowest BCUT2D eigenvalue weighted by molar-refractivity contribution is 0.220. The smallest absolute Gasteiger partial charge is 0.191 e. The second-order valence-corrected chi connectivity index (χ2v) is 7.07. The third-order valence-electron chi connectivity index (χ3n) is 4.42. The summed E-state index contributed by atoms with van der Waals surface area (Å²) >= 11 is 0.